The van der Waals surface area contributed by atoms with Gasteiger partial charge >= 0.3 is 0 Å². The SMILES string of the molecule is Cc1coc(NCc2cc(N(C)C)c3c(c2O)C(O)=C2C(=O)C4(O)C(O)=C(C(N)=O)C(=O)C(N(C)C)C4CC2C3)n1. The maximum Gasteiger partial charge on any atom is 0.294 e. The van der Waals surface area contributed by atoms with Gasteiger partial charge in [-0.3, -0.25) is 19.3 Å². The normalized spacial score (nSPS) is 25.7. The first-order valence-corrected chi connectivity index (χ1v) is 13.1. The van der Waals surface area contributed by atoms with Crippen molar-refractivity contribution in [3.8, 4) is 5.75 Å². The molecule has 3 aliphatic carbocycles. The number of phenols is 1. The van der Waals surface area contributed by atoms with Gasteiger partial charge in [0.25, 0.3) is 11.9 Å². The van der Waals surface area contributed by atoms with E-state index in [0.717, 1.165) is 0 Å². The topological polar surface area (TPSA) is 203 Å². The molecule has 0 spiro atoms. The van der Waals surface area contributed by atoms with Crippen molar-refractivity contribution in [3.63, 3.8) is 0 Å². The van der Waals surface area contributed by atoms with Crippen molar-refractivity contribution in [2.45, 2.75) is 38.0 Å². The summed E-state index contributed by atoms with van der Waals surface area (Å²) in [5.74, 6) is -6.86. The van der Waals surface area contributed by atoms with E-state index in [4.69, 9.17) is 10.2 Å². The van der Waals surface area contributed by atoms with Gasteiger partial charge in [-0.2, -0.15) is 4.98 Å². The molecule has 4 unspecified atom stereocenters. The third kappa shape index (κ3) is 4.06. The number of carbonyl (C=O) groups is 3. The van der Waals surface area contributed by atoms with Crippen molar-refractivity contribution in [1.29, 1.82) is 0 Å². The average Bonchev–Trinajstić information content (AvgIpc) is 3.30. The van der Waals surface area contributed by atoms with Crippen LogP contribution in [0.3, 0.4) is 0 Å². The Balaban J connectivity index is 1.67. The Kier molecular flexibility index (Phi) is 6.62. The number of aromatic hydroxyl groups is 1. The van der Waals surface area contributed by atoms with Gasteiger partial charge in [0.15, 0.2) is 11.4 Å². The molecule has 13 nitrogen and oxygen atoms in total. The average molecular weight is 568 g/mol. The second-order valence-corrected chi connectivity index (χ2v) is 11.3. The van der Waals surface area contributed by atoms with E-state index < -0.39 is 58.0 Å². The molecular weight excluding hydrogens is 534 g/mol. The number of aromatic nitrogens is 1. The third-order valence-electron chi connectivity index (χ3n) is 8.31. The molecule has 1 amide bonds. The highest BCUT2D eigenvalue weighted by Gasteiger charge is 2.64. The van der Waals surface area contributed by atoms with Crippen LogP contribution in [0.15, 0.2) is 33.7 Å². The van der Waals surface area contributed by atoms with Crippen LogP contribution in [0.4, 0.5) is 11.7 Å². The quantitative estimate of drug-likeness (QED) is 0.270. The molecule has 5 rings (SSSR count). The first kappa shape index (κ1) is 28.2. The molecule has 0 radical (unpaired) electrons. The highest BCUT2D eigenvalue weighted by molar-refractivity contribution is 6.24. The van der Waals surface area contributed by atoms with E-state index in [1.54, 1.807) is 41.2 Å². The Hall–Kier alpha value is -4.36. The second-order valence-electron chi connectivity index (χ2n) is 11.3. The van der Waals surface area contributed by atoms with Gasteiger partial charge in [0, 0.05) is 43.4 Å². The van der Waals surface area contributed by atoms with Gasteiger partial charge in [-0.25, -0.2) is 0 Å². The highest BCUT2D eigenvalue weighted by atomic mass is 16.4. The first-order chi connectivity index (χ1) is 19.2. The van der Waals surface area contributed by atoms with E-state index in [9.17, 15) is 34.8 Å². The Morgan fingerprint density at radius 3 is 2.46 bits per heavy atom. The molecule has 1 aromatic heterocycles. The highest BCUT2D eigenvalue weighted by Crippen LogP contribution is 2.54. The number of primary amides is 1. The number of phenolic OH excluding ortho intramolecular Hbond substituents is 1. The van der Waals surface area contributed by atoms with Crippen molar-refractivity contribution in [2.75, 3.05) is 38.4 Å². The van der Waals surface area contributed by atoms with Gasteiger partial charge < -0.3 is 40.8 Å². The molecule has 13 heteroatoms. The lowest BCUT2D eigenvalue weighted by molar-refractivity contribution is -0.153. The minimum atomic E-state index is -2.69. The molecule has 218 valence electrons. The number of aliphatic hydroxyl groups is 3. The summed E-state index contributed by atoms with van der Waals surface area (Å²) < 4.78 is 5.32. The number of nitrogens with zero attached hydrogens (tertiary/aromatic N) is 3. The number of oxazole rings is 1. The maximum atomic E-state index is 14.0. The van der Waals surface area contributed by atoms with Crippen LogP contribution in [-0.4, -0.2) is 87.6 Å². The van der Waals surface area contributed by atoms with Gasteiger partial charge in [0.1, 0.15) is 29.1 Å². The zero-order valence-electron chi connectivity index (χ0n) is 23.3. The van der Waals surface area contributed by atoms with Gasteiger partial charge in [0.2, 0.25) is 5.78 Å². The van der Waals surface area contributed by atoms with Crippen LogP contribution < -0.4 is 16.0 Å². The van der Waals surface area contributed by atoms with E-state index in [-0.39, 0.29) is 42.3 Å². The van der Waals surface area contributed by atoms with Gasteiger partial charge in [-0.15, -0.1) is 0 Å². The maximum absolute atomic E-state index is 14.0. The zero-order valence-corrected chi connectivity index (χ0v) is 23.3. The fraction of sp³-hybridized carbons (Fsp3) is 0.429. The van der Waals surface area contributed by atoms with Gasteiger partial charge in [0.05, 0.1) is 17.3 Å². The van der Waals surface area contributed by atoms with Gasteiger partial charge in [-0.1, -0.05) is 0 Å². The number of carbonyl (C=O) groups excluding carboxylic acids is 3. The largest absolute Gasteiger partial charge is 0.508 e. The first-order valence-electron chi connectivity index (χ1n) is 13.1. The number of ketones is 2. The Labute approximate surface area is 235 Å². The summed E-state index contributed by atoms with van der Waals surface area (Å²) in [6.45, 7) is 1.84. The minimum Gasteiger partial charge on any atom is -0.508 e. The van der Waals surface area contributed by atoms with Crippen LogP contribution in [-0.2, 0) is 27.3 Å². The minimum absolute atomic E-state index is 0.0201. The van der Waals surface area contributed by atoms with E-state index in [1.165, 1.54) is 11.2 Å². The summed E-state index contributed by atoms with van der Waals surface area (Å²) >= 11 is 0. The Bertz CT molecular complexity index is 1550. The summed E-state index contributed by atoms with van der Waals surface area (Å²) in [6, 6.07) is 0.858. The molecule has 4 atom stereocenters. The number of rotatable bonds is 6. The number of aryl methyl sites for hydroxylation is 1. The number of benzene rings is 1. The molecule has 7 N–H and O–H groups in total. The zero-order chi connectivity index (χ0) is 30.1. The van der Waals surface area contributed by atoms with Gasteiger partial charge in [-0.05, 0) is 51.4 Å². The standard InChI is InChI=1S/C28H33N5O8/c1-11-10-41-27(31-11)30-9-13-8-16(32(2)3)14-6-12-7-15-20(33(4)5)23(36)19(26(29)39)25(38)28(15,40)24(37)17(12)22(35)18(14)21(13)34/h8,10,12,15,20,34-35,38,40H,6-7,9H2,1-5H3,(H2,29,39)(H,30,31). The van der Waals surface area contributed by atoms with Crippen molar-refractivity contribution in [1.82, 2.24) is 9.88 Å². The number of Topliss-reactive ketones (excluding diaryl/α,β-unsaturated/α-hetero) is 2. The molecular formula is C28H33N5O8. The second kappa shape index (κ2) is 9.63. The van der Waals surface area contributed by atoms with Crippen LogP contribution in [0.1, 0.15) is 28.8 Å². The summed E-state index contributed by atoms with van der Waals surface area (Å²) in [6.07, 6.45) is 1.69. The number of nitrogens with two attached hydrogens (primary N) is 1. The van der Waals surface area contributed by atoms with Crippen LogP contribution in [0.25, 0.3) is 5.76 Å². The van der Waals surface area contributed by atoms with Crippen LogP contribution in [0, 0.1) is 18.8 Å². The summed E-state index contributed by atoms with van der Waals surface area (Å²) in [5.41, 5.74) is 3.96. The molecule has 2 aromatic rings. The lowest BCUT2D eigenvalue weighted by Crippen LogP contribution is -2.65. The Morgan fingerprint density at radius 2 is 1.90 bits per heavy atom. The van der Waals surface area contributed by atoms with E-state index in [1.807, 2.05) is 4.90 Å². The summed E-state index contributed by atoms with van der Waals surface area (Å²) in [7, 11) is 6.73. The number of aliphatic hydroxyl groups excluding tert-OH is 2. The third-order valence-corrected chi connectivity index (χ3v) is 8.31. The molecule has 1 saturated carbocycles. The number of amides is 1. The molecule has 1 heterocycles. The molecule has 0 bridgehead atoms. The monoisotopic (exact) mass is 567 g/mol. The van der Waals surface area contributed by atoms with E-state index >= 15 is 0 Å². The van der Waals surface area contributed by atoms with E-state index in [0.29, 0.717) is 22.5 Å². The van der Waals surface area contributed by atoms with Crippen molar-refractivity contribution >= 4 is 34.9 Å². The number of anilines is 2. The predicted octanol–water partition coefficient (Wildman–Crippen LogP) is 0.939. The predicted molar refractivity (Wildman–Crippen MR) is 147 cm³/mol. The molecule has 0 saturated heterocycles. The lowest BCUT2D eigenvalue weighted by Gasteiger charge is -2.50. The van der Waals surface area contributed by atoms with Crippen molar-refractivity contribution in [3.05, 3.63) is 51.6 Å². The molecule has 1 fully saturated rings. The number of hydrogen-bond acceptors (Lipinski definition) is 12. The van der Waals surface area contributed by atoms with Crippen LogP contribution in [0.2, 0.25) is 0 Å². The fourth-order valence-electron chi connectivity index (χ4n) is 6.49. The van der Waals surface area contributed by atoms with Crippen LogP contribution >= 0.6 is 0 Å². The number of fused-ring (bicyclic) bond motifs is 3. The summed E-state index contributed by atoms with van der Waals surface area (Å²) in [4.78, 5) is 46.9. The van der Waals surface area contributed by atoms with E-state index in [2.05, 4.69) is 10.3 Å². The number of nitrogens with one attached hydrogen (secondary N) is 1. The molecule has 41 heavy (non-hydrogen) atoms. The fourth-order valence-corrected chi connectivity index (χ4v) is 6.49. The molecule has 3 aliphatic rings. The smallest absolute Gasteiger partial charge is 0.294 e. The molecule has 0 aliphatic heterocycles. The Morgan fingerprint density at radius 1 is 1.22 bits per heavy atom. The van der Waals surface area contributed by atoms with Crippen molar-refractivity contribution < 1.29 is 39.2 Å². The molecule has 1 aromatic carbocycles. The number of hydrogen-bond donors (Lipinski definition) is 6. The van der Waals surface area contributed by atoms with Crippen molar-refractivity contribution in [2.24, 2.45) is 17.6 Å². The number of likely N-dealkylation sites (N-methyl/N-ethyl adjacent to an activating group) is 1. The summed E-state index contributed by atoms with van der Waals surface area (Å²) in [5, 5.41) is 48.7. The lowest BCUT2D eigenvalue weighted by atomic mass is 9.57. The van der Waals surface area contributed by atoms with Crippen LogP contribution in [0.5, 0.6) is 5.75 Å².